The molecule has 0 aromatic heterocycles. The molecule has 8 heteroatoms. The highest BCUT2D eigenvalue weighted by Gasteiger charge is 2.49. The predicted octanol–water partition coefficient (Wildman–Crippen LogP) is 8.45. The molecule has 0 saturated carbocycles. The van der Waals surface area contributed by atoms with Crippen LogP contribution in [0.25, 0.3) is 0 Å². The topological polar surface area (TPSA) is 83.5 Å². The normalized spacial score (nSPS) is 20.6. The number of halogens is 1. The van der Waals surface area contributed by atoms with Crippen LogP contribution in [0.15, 0.2) is 140 Å². The fraction of sp³-hybridized carbons (Fsp3) is 0.244. The number of ether oxygens (including phenoxy) is 5. The zero-order chi connectivity index (χ0) is 33.8. The number of hydrogen-bond donors (Lipinski definition) is 1. The van der Waals surface area contributed by atoms with E-state index >= 15 is 0 Å². The first kappa shape index (κ1) is 34.5. The van der Waals surface area contributed by atoms with Crippen molar-refractivity contribution in [3.63, 3.8) is 0 Å². The van der Waals surface area contributed by atoms with Crippen LogP contribution >= 0.6 is 11.6 Å². The summed E-state index contributed by atoms with van der Waals surface area (Å²) in [5.74, 6) is -1.13. The first-order chi connectivity index (χ1) is 24.0. The lowest BCUT2D eigenvalue weighted by Crippen LogP contribution is -2.58. The van der Waals surface area contributed by atoms with E-state index in [1.807, 2.05) is 121 Å². The monoisotopic (exact) mass is 678 g/mol. The molecule has 1 N–H and O–H groups in total. The average Bonchev–Trinajstić information content (AvgIpc) is 3.14. The molecule has 1 aliphatic rings. The standard InChI is InChI=1S/C41H39ClO7/c42-35-22-21-33(23-34(35)41(43)44)37-39(47-26-31-17-9-3-10-18-31)40(48-27-32-19-11-4-12-20-32)38(46-25-30-15-7-2-8-16-30)36(49-37)28-45-24-29-13-5-1-6-14-29/h1-23,36-40H,24-28H2,(H,43,44)/t36?,37?,38-,39+,40?/m1/s1. The van der Waals surface area contributed by atoms with Crippen LogP contribution in [0.1, 0.15) is 44.3 Å². The molecule has 5 aromatic carbocycles. The van der Waals surface area contributed by atoms with Gasteiger partial charge in [-0.2, -0.15) is 0 Å². The number of carboxylic acids is 1. The van der Waals surface area contributed by atoms with Gasteiger partial charge in [0.05, 0.1) is 43.6 Å². The molecule has 3 unspecified atom stereocenters. The number of carbonyl (C=O) groups is 1. The molecule has 1 saturated heterocycles. The van der Waals surface area contributed by atoms with Gasteiger partial charge in [0.15, 0.2) is 0 Å². The highest BCUT2D eigenvalue weighted by atomic mass is 35.5. The van der Waals surface area contributed by atoms with Gasteiger partial charge in [-0.3, -0.25) is 0 Å². The highest BCUT2D eigenvalue weighted by Crippen LogP contribution is 2.39. The van der Waals surface area contributed by atoms with Crippen molar-refractivity contribution < 1.29 is 33.6 Å². The van der Waals surface area contributed by atoms with E-state index < -0.39 is 36.5 Å². The molecule has 1 fully saturated rings. The van der Waals surface area contributed by atoms with E-state index in [9.17, 15) is 9.90 Å². The van der Waals surface area contributed by atoms with E-state index in [4.69, 9.17) is 35.3 Å². The minimum atomic E-state index is -1.13. The maximum atomic E-state index is 12.2. The fourth-order valence-corrected chi connectivity index (χ4v) is 6.14. The SMILES string of the molecule is O=C(O)c1cc(C2OC(COCc3ccccc3)[C@@H](OCc3ccccc3)C(OCc3ccccc3)[C@H]2OCc2ccccc2)ccc1Cl. The third kappa shape index (κ3) is 9.43. The van der Waals surface area contributed by atoms with Crippen LogP contribution in [0, 0.1) is 0 Å². The second-order valence-corrected chi connectivity index (χ2v) is 12.3. The molecular weight excluding hydrogens is 640 g/mol. The van der Waals surface area contributed by atoms with Crippen LogP contribution < -0.4 is 0 Å². The van der Waals surface area contributed by atoms with Crippen LogP contribution in [0.3, 0.4) is 0 Å². The van der Waals surface area contributed by atoms with Crippen molar-refractivity contribution in [3.05, 3.63) is 178 Å². The smallest absolute Gasteiger partial charge is 0.337 e. The number of benzene rings is 5. The van der Waals surface area contributed by atoms with Gasteiger partial charge < -0.3 is 28.8 Å². The van der Waals surface area contributed by atoms with Crippen LogP contribution in [0.2, 0.25) is 5.02 Å². The molecule has 1 aliphatic heterocycles. The Morgan fingerprint density at radius 2 is 1.04 bits per heavy atom. The van der Waals surface area contributed by atoms with Crippen LogP contribution in [-0.4, -0.2) is 42.1 Å². The van der Waals surface area contributed by atoms with Gasteiger partial charge in [-0.25, -0.2) is 4.79 Å². The summed E-state index contributed by atoms with van der Waals surface area (Å²) in [5, 5.41) is 10.1. The predicted molar refractivity (Wildman–Crippen MR) is 187 cm³/mol. The van der Waals surface area contributed by atoms with Gasteiger partial charge in [0.2, 0.25) is 0 Å². The van der Waals surface area contributed by atoms with E-state index in [1.54, 1.807) is 18.2 Å². The summed E-state index contributed by atoms with van der Waals surface area (Å²) in [5.41, 5.74) is 4.57. The molecule has 6 rings (SSSR count). The summed E-state index contributed by atoms with van der Waals surface area (Å²) in [6.07, 6.45) is -3.28. The maximum Gasteiger partial charge on any atom is 0.337 e. The number of hydrogen-bond acceptors (Lipinski definition) is 6. The minimum absolute atomic E-state index is 0.0225. The maximum absolute atomic E-state index is 12.2. The second kappa shape index (κ2) is 17.4. The molecule has 5 atom stereocenters. The van der Waals surface area contributed by atoms with Gasteiger partial charge in [-0.15, -0.1) is 0 Å². The zero-order valence-electron chi connectivity index (χ0n) is 27.0. The summed E-state index contributed by atoms with van der Waals surface area (Å²) in [6, 6.07) is 44.6. The van der Waals surface area contributed by atoms with E-state index in [0.29, 0.717) is 25.4 Å². The lowest BCUT2D eigenvalue weighted by molar-refractivity contribution is -0.275. The molecule has 7 nitrogen and oxygen atoms in total. The Morgan fingerprint density at radius 3 is 1.53 bits per heavy atom. The Labute approximate surface area is 291 Å². The number of rotatable bonds is 15. The van der Waals surface area contributed by atoms with Crippen LogP contribution in [0.4, 0.5) is 0 Å². The number of aromatic carboxylic acids is 1. The molecule has 0 aliphatic carbocycles. The van der Waals surface area contributed by atoms with Crippen molar-refractivity contribution in [1.82, 2.24) is 0 Å². The van der Waals surface area contributed by atoms with Gasteiger partial charge in [0.1, 0.15) is 30.5 Å². The summed E-state index contributed by atoms with van der Waals surface area (Å²) in [7, 11) is 0. The Kier molecular flexibility index (Phi) is 12.2. The first-order valence-corrected chi connectivity index (χ1v) is 16.7. The van der Waals surface area contributed by atoms with Gasteiger partial charge >= 0.3 is 5.97 Å². The molecular formula is C41H39ClO7. The number of carboxylic acid groups (broad SMARTS) is 1. The Morgan fingerprint density at radius 1 is 0.592 bits per heavy atom. The van der Waals surface area contributed by atoms with Gasteiger partial charge in [-0.1, -0.05) is 139 Å². The largest absolute Gasteiger partial charge is 0.478 e. The molecule has 252 valence electrons. The van der Waals surface area contributed by atoms with Crippen LogP contribution in [0.5, 0.6) is 0 Å². The lowest BCUT2D eigenvalue weighted by atomic mass is 9.89. The quantitative estimate of drug-likeness (QED) is 0.119. The Hall–Kier alpha value is -4.34. The van der Waals surface area contributed by atoms with Crippen molar-refractivity contribution in [2.24, 2.45) is 0 Å². The average molecular weight is 679 g/mol. The second-order valence-electron chi connectivity index (χ2n) is 11.9. The van der Waals surface area contributed by atoms with Crippen molar-refractivity contribution in [2.45, 2.75) is 56.9 Å². The summed E-state index contributed by atoms with van der Waals surface area (Å²) in [4.78, 5) is 12.2. The Balaban J connectivity index is 1.38. The molecule has 49 heavy (non-hydrogen) atoms. The summed E-state index contributed by atoms with van der Waals surface area (Å²) >= 11 is 6.31. The Bertz CT molecular complexity index is 1740. The van der Waals surface area contributed by atoms with E-state index in [-0.39, 0.29) is 23.8 Å². The van der Waals surface area contributed by atoms with E-state index in [2.05, 4.69) is 0 Å². The van der Waals surface area contributed by atoms with E-state index in [0.717, 1.165) is 22.3 Å². The summed E-state index contributed by atoms with van der Waals surface area (Å²) < 4.78 is 33.4. The molecule has 0 spiro atoms. The molecule has 0 radical (unpaired) electrons. The third-order valence-electron chi connectivity index (χ3n) is 8.43. The van der Waals surface area contributed by atoms with Crippen molar-refractivity contribution >= 4 is 17.6 Å². The van der Waals surface area contributed by atoms with Crippen molar-refractivity contribution in [2.75, 3.05) is 6.61 Å². The molecule has 0 bridgehead atoms. The fourth-order valence-electron chi connectivity index (χ4n) is 5.94. The van der Waals surface area contributed by atoms with Crippen LogP contribution in [-0.2, 0) is 50.1 Å². The lowest BCUT2D eigenvalue weighted by Gasteiger charge is -2.46. The highest BCUT2D eigenvalue weighted by molar-refractivity contribution is 6.33. The molecule has 1 heterocycles. The molecule has 5 aromatic rings. The van der Waals surface area contributed by atoms with Gasteiger partial charge in [0, 0.05) is 0 Å². The van der Waals surface area contributed by atoms with Gasteiger partial charge in [0.25, 0.3) is 0 Å². The van der Waals surface area contributed by atoms with Crippen molar-refractivity contribution in [3.8, 4) is 0 Å². The van der Waals surface area contributed by atoms with Gasteiger partial charge in [-0.05, 0) is 39.9 Å². The minimum Gasteiger partial charge on any atom is -0.478 e. The third-order valence-corrected chi connectivity index (χ3v) is 8.76. The van der Waals surface area contributed by atoms with Crippen molar-refractivity contribution in [1.29, 1.82) is 0 Å². The van der Waals surface area contributed by atoms with E-state index in [1.165, 1.54) is 0 Å². The molecule has 0 amide bonds. The summed E-state index contributed by atoms with van der Waals surface area (Å²) in [6.45, 7) is 1.46. The first-order valence-electron chi connectivity index (χ1n) is 16.3. The zero-order valence-corrected chi connectivity index (χ0v) is 27.7.